The fraction of sp³-hybridized carbons (Fsp3) is 0.0222. The molecule has 0 spiro atoms. The van der Waals surface area contributed by atoms with Crippen LogP contribution >= 0.6 is 0 Å². The first kappa shape index (κ1) is 28.0. The third kappa shape index (κ3) is 4.30. The van der Waals surface area contributed by atoms with E-state index in [1.807, 2.05) is 72.8 Å². The van der Waals surface area contributed by atoms with Crippen LogP contribution in [-0.4, -0.2) is 11.7 Å². The molecule has 3 aromatic heterocycles. The molecular formula is C45H27N3O3. The fourth-order valence-corrected chi connectivity index (χ4v) is 7.65. The second kappa shape index (κ2) is 10.8. The molecule has 1 aliphatic heterocycles. The second-order valence-corrected chi connectivity index (χ2v) is 12.9. The lowest BCUT2D eigenvalue weighted by molar-refractivity contribution is 0.666. The molecule has 11 rings (SSSR count). The van der Waals surface area contributed by atoms with E-state index in [9.17, 15) is 0 Å². The predicted octanol–water partition coefficient (Wildman–Crippen LogP) is 11.5. The van der Waals surface area contributed by atoms with Crippen LogP contribution in [0.4, 0.5) is 0 Å². The Morgan fingerprint density at radius 1 is 0.412 bits per heavy atom. The van der Waals surface area contributed by atoms with E-state index < -0.39 is 6.17 Å². The van der Waals surface area contributed by atoms with Crippen LogP contribution in [0.5, 0.6) is 0 Å². The molecule has 7 aromatic carbocycles. The second-order valence-electron chi connectivity index (χ2n) is 12.9. The topological polar surface area (TPSA) is 76.2 Å². The average molecular weight is 658 g/mol. The highest BCUT2D eigenvalue weighted by Gasteiger charge is 2.26. The molecule has 1 N–H and O–H groups in total. The molecule has 0 saturated heterocycles. The van der Waals surface area contributed by atoms with Gasteiger partial charge in [0.15, 0.2) is 6.17 Å². The molecule has 4 heterocycles. The first-order chi connectivity index (χ1) is 25.3. The van der Waals surface area contributed by atoms with Crippen LogP contribution in [0.2, 0.25) is 0 Å². The van der Waals surface area contributed by atoms with E-state index >= 15 is 0 Å². The zero-order valence-corrected chi connectivity index (χ0v) is 27.1. The Morgan fingerprint density at radius 2 is 1.02 bits per heavy atom. The number of aliphatic imine (C=N–C) groups is 2. The van der Waals surface area contributed by atoms with E-state index in [2.05, 4.69) is 84.2 Å². The van der Waals surface area contributed by atoms with Crippen LogP contribution in [0.1, 0.15) is 22.9 Å². The third-order valence-electron chi connectivity index (χ3n) is 9.97. The quantitative estimate of drug-likeness (QED) is 0.204. The molecule has 240 valence electrons. The molecule has 1 atom stereocenters. The number of hydrogen-bond acceptors (Lipinski definition) is 6. The zero-order valence-electron chi connectivity index (χ0n) is 27.1. The van der Waals surface area contributed by atoms with Crippen molar-refractivity contribution < 1.29 is 13.3 Å². The molecule has 0 aliphatic carbocycles. The van der Waals surface area contributed by atoms with Crippen molar-refractivity contribution in [2.24, 2.45) is 9.98 Å². The van der Waals surface area contributed by atoms with Gasteiger partial charge in [-0.1, -0.05) is 109 Å². The lowest BCUT2D eigenvalue weighted by Crippen LogP contribution is -2.36. The van der Waals surface area contributed by atoms with Crippen molar-refractivity contribution in [2.45, 2.75) is 6.17 Å². The predicted molar refractivity (Wildman–Crippen MR) is 206 cm³/mol. The van der Waals surface area contributed by atoms with Gasteiger partial charge in [0.1, 0.15) is 45.2 Å². The minimum Gasteiger partial charge on any atom is -0.456 e. The summed E-state index contributed by atoms with van der Waals surface area (Å²) in [7, 11) is 0. The SMILES string of the molecule is c1ccc(C2=NC(c3cccc4oc5cccc(-c6ccc7oc8ccccc8c7c6)c5c34)N=C(c3cccc4c3oc3ccccc34)N2)cc1. The minimum absolute atomic E-state index is 0.561. The van der Waals surface area contributed by atoms with Crippen LogP contribution < -0.4 is 5.32 Å². The largest absolute Gasteiger partial charge is 0.456 e. The van der Waals surface area contributed by atoms with Crippen molar-refractivity contribution >= 4 is 77.5 Å². The maximum Gasteiger partial charge on any atom is 0.170 e. The Labute approximate surface area is 291 Å². The number of fused-ring (bicyclic) bond motifs is 9. The summed E-state index contributed by atoms with van der Waals surface area (Å²) in [5.41, 5.74) is 9.92. The first-order valence-electron chi connectivity index (χ1n) is 17.0. The highest BCUT2D eigenvalue weighted by molar-refractivity contribution is 6.22. The van der Waals surface area contributed by atoms with Crippen LogP contribution in [0, 0.1) is 0 Å². The van der Waals surface area contributed by atoms with E-state index in [1.165, 1.54) is 0 Å². The monoisotopic (exact) mass is 657 g/mol. The molecule has 6 nitrogen and oxygen atoms in total. The molecule has 1 aliphatic rings. The Balaban J connectivity index is 1.14. The number of hydrogen-bond donors (Lipinski definition) is 1. The summed E-state index contributed by atoms with van der Waals surface area (Å²) in [4.78, 5) is 10.6. The van der Waals surface area contributed by atoms with Gasteiger partial charge in [0, 0.05) is 43.4 Å². The maximum atomic E-state index is 6.56. The standard InChI is InChI=1S/C45H27N3O3/c1-2-11-26(12-3-1)43-46-44(48-45(47-43)33-18-8-16-31-29-13-4-7-20-36(29)51-42(31)33)32-17-10-22-39-41(32)40-28(15-9-21-38(40)50-39)27-23-24-37-34(25-27)30-14-5-6-19-35(30)49-37/h1-25,44H,(H,46,47,48). The molecule has 0 fully saturated rings. The van der Waals surface area contributed by atoms with E-state index in [0.717, 1.165) is 99.5 Å². The molecule has 51 heavy (non-hydrogen) atoms. The van der Waals surface area contributed by atoms with Gasteiger partial charge in [-0.05, 0) is 53.6 Å². The summed E-state index contributed by atoms with van der Waals surface area (Å²) in [5.74, 6) is 1.43. The van der Waals surface area contributed by atoms with Gasteiger partial charge < -0.3 is 18.6 Å². The highest BCUT2D eigenvalue weighted by atomic mass is 16.3. The van der Waals surface area contributed by atoms with Crippen LogP contribution in [0.3, 0.4) is 0 Å². The number of benzene rings is 7. The average Bonchev–Trinajstić information content (AvgIpc) is 3.89. The van der Waals surface area contributed by atoms with Crippen LogP contribution in [0.25, 0.3) is 76.9 Å². The molecular weight excluding hydrogens is 631 g/mol. The Morgan fingerprint density at radius 3 is 1.88 bits per heavy atom. The Kier molecular flexibility index (Phi) is 5.92. The van der Waals surface area contributed by atoms with Gasteiger partial charge >= 0.3 is 0 Å². The number of furan rings is 3. The van der Waals surface area contributed by atoms with E-state index in [1.54, 1.807) is 0 Å². The molecule has 0 saturated carbocycles. The molecule has 0 radical (unpaired) electrons. The summed E-state index contributed by atoms with van der Waals surface area (Å²) >= 11 is 0. The van der Waals surface area contributed by atoms with Gasteiger partial charge in [0.25, 0.3) is 0 Å². The molecule has 6 heteroatoms. The lowest BCUT2D eigenvalue weighted by atomic mass is 9.95. The van der Waals surface area contributed by atoms with Gasteiger partial charge in [-0.25, -0.2) is 9.98 Å². The number of nitrogens with zero attached hydrogens (tertiary/aromatic N) is 2. The lowest BCUT2D eigenvalue weighted by Gasteiger charge is -2.23. The van der Waals surface area contributed by atoms with E-state index in [0.29, 0.717) is 5.84 Å². The van der Waals surface area contributed by atoms with Crippen molar-refractivity contribution in [1.82, 2.24) is 5.32 Å². The van der Waals surface area contributed by atoms with Crippen LogP contribution in [-0.2, 0) is 0 Å². The van der Waals surface area contributed by atoms with Gasteiger partial charge in [-0.3, -0.25) is 0 Å². The maximum absolute atomic E-state index is 6.56. The van der Waals surface area contributed by atoms with Crippen molar-refractivity contribution in [3.05, 3.63) is 168 Å². The number of rotatable bonds is 4. The van der Waals surface area contributed by atoms with E-state index in [4.69, 9.17) is 23.2 Å². The summed E-state index contributed by atoms with van der Waals surface area (Å²) < 4.78 is 19.2. The normalized spacial score (nSPS) is 14.9. The van der Waals surface area contributed by atoms with Gasteiger partial charge in [-0.15, -0.1) is 0 Å². The van der Waals surface area contributed by atoms with Crippen molar-refractivity contribution in [3.8, 4) is 11.1 Å². The summed E-state index contributed by atoms with van der Waals surface area (Å²) in [5, 5.41) is 9.89. The minimum atomic E-state index is -0.561. The van der Waals surface area contributed by atoms with Crippen molar-refractivity contribution in [3.63, 3.8) is 0 Å². The fourth-order valence-electron chi connectivity index (χ4n) is 7.65. The summed E-state index contributed by atoms with van der Waals surface area (Å²) in [6.07, 6.45) is -0.561. The Bertz CT molecular complexity index is 3070. The third-order valence-corrected chi connectivity index (χ3v) is 9.97. The van der Waals surface area contributed by atoms with Gasteiger partial charge in [0.05, 0.1) is 5.56 Å². The molecule has 0 bridgehead atoms. The first-order valence-corrected chi connectivity index (χ1v) is 17.0. The number of amidine groups is 2. The van der Waals surface area contributed by atoms with E-state index in [-0.39, 0.29) is 0 Å². The van der Waals surface area contributed by atoms with Crippen molar-refractivity contribution in [2.75, 3.05) is 0 Å². The highest BCUT2D eigenvalue weighted by Crippen LogP contribution is 2.43. The van der Waals surface area contributed by atoms with Crippen LogP contribution in [0.15, 0.2) is 175 Å². The smallest absolute Gasteiger partial charge is 0.170 e. The molecule has 1 unspecified atom stereocenters. The Hall–Kier alpha value is -6.92. The molecule has 0 amide bonds. The van der Waals surface area contributed by atoms with Gasteiger partial charge in [-0.2, -0.15) is 0 Å². The summed E-state index contributed by atoms with van der Waals surface area (Å²) in [6, 6.07) is 51.5. The summed E-state index contributed by atoms with van der Waals surface area (Å²) in [6.45, 7) is 0. The van der Waals surface area contributed by atoms with Crippen molar-refractivity contribution in [1.29, 1.82) is 0 Å². The number of para-hydroxylation sites is 3. The zero-order chi connectivity index (χ0) is 33.5. The number of nitrogens with one attached hydrogen (secondary N) is 1. The van der Waals surface area contributed by atoms with Gasteiger partial charge in [0.2, 0.25) is 0 Å². The molecule has 10 aromatic rings.